The third-order valence-electron chi connectivity index (χ3n) is 2.38. The van der Waals surface area contributed by atoms with Gasteiger partial charge in [0.2, 0.25) is 0 Å². The highest BCUT2D eigenvalue weighted by Crippen LogP contribution is 2.23. The summed E-state index contributed by atoms with van der Waals surface area (Å²) in [4.78, 5) is 16.5. The summed E-state index contributed by atoms with van der Waals surface area (Å²) < 4.78 is 0. The number of hydrogen-bond donors (Lipinski definition) is 2. The molecule has 0 spiro atoms. The number of imidazole rings is 1. The Morgan fingerprint density at radius 1 is 1.14 bits per heavy atom. The van der Waals surface area contributed by atoms with Gasteiger partial charge in [0.1, 0.15) is 0 Å². The van der Waals surface area contributed by atoms with Gasteiger partial charge in [-0.3, -0.25) is 0 Å². The maximum Gasteiger partial charge on any atom is 0.323 e. The van der Waals surface area contributed by atoms with Crippen molar-refractivity contribution in [1.82, 2.24) is 9.97 Å². The lowest BCUT2D eigenvalue weighted by Crippen LogP contribution is -2.10. The highest BCUT2D eigenvalue weighted by Gasteiger charge is 2.14. The molecule has 3 nitrogen and oxygen atoms in total. The van der Waals surface area contributed by atoms with Crippen LogP contribution in [0.1, 0.15) is 29.2 Å². The minimum atomic E-state index is -0.147. The molecule has 0 saturated heterocycles. The van der Waals surface area contributed by atoms with Crippen molar-refractivity contribution in [1.29, 1.82) is 0 Å². The fourth-order valence-corrected chi connectivity index (χ4v) is 1.50. The minimum absolute atomic E-state index is 0. The van der Waals surface area contributed by atoms with Gasteiger partial charge in [-0.05, 0) is 23.1 Å². The molecule has 78 valence electrons. The van der Waals surface area contributed by atoms with Gasteiger partial charge in [0.05, 0.1) is 11.0 Å². The van der Waals surface area contributed by atoms with E-state index in [2.05, 4.69) is 30.7 Å². The van der Waals surface area contributed by atoms with E-state index in [1.165, 1.54) is 5.56 Å². The average molecular weight is 194 g/mol. The summed E-state index contributed by atoms with van der Waals surface area (Å²) in [5.41, 5.74) is 2.93. The second-order valence-corrected chi connectivity index (χ2v) is 4.59. The van der Waals surface area contributed by atoms with Crippen molar-refractivity contribution in [2.45, 2.75) is 26.2 Å². The Morgan fingerprint density at radius 2 is 1.79 bits per heavy atom. The lowest BCUT2D eigenvalue weighted by Gasteiger charge is -2.18. The zero-order valence-corrected chi connectivity index (χ0v) is 8.64. The maximum absolute atomic E-state index is 11.0. The molecule has 0 radical (unpaired) electrons. The van der Waals surface area contributed by atoms with E-state index < -0.39 is 0 Å². The number of benzene rings is 1. The molecular formula is C11H18N2O. The van der Waals surface area contributed by atoms with Crippen LogP contribution in [-0.2, 0) is 5.41 Å². The molecule has 1 aromatic heterocycles. The summed E-state index contributed by atoms with van der Waals surface area (Å²) in [5, 5.41) is 0. The molecule has 2 rings (SSSR count). The Morgan fingerprint density at radius 3 is 2.43 bits per heavy atom. The van der Waals surface area contributed by atoms with E-state index in [9.17, 15) is 4.79 Å². The standard InChI is InChI=1S/C11H14N2O.2H2/c1-11(2,3)7-4-5-8-9(6-7)13-10(14)12-8;;/h4-6H,1-3H3,(H2,12,13,14);2*1H. The molecule has 0 bridgehead atoms. The molecule has 1 aromatic carbocycles. The van der Waals surface area contributed by atoms with E-state index in [1.54, 1.807) is 0 Å². The Kier molecular flexibility index (Phi) is 1.77. The van der Waals surface area contributed by atoms with Gasteiger partial charge >= 0.3 is 5.69 Å². The van der Waals surface area contributed by atoms with Crippen molar-refractivity contribution in [2.24, 2.45) is 0 Å². The molecule has 1 heterocycles. The number of aromatic amines is 2. The van der Waals surface area contributed by atoms with Crippen LogP contribution in [0.25, 0.3) is 11.0 Å². The van der Waals surface area contributed by atoms with E-state index >= 15 is 0 Å². The lowest BCUT2D eigenvalue weighted by atomic mass is 9.87. The van der Waals surface area contributed by atoms with Gasteiger partial charge in [-0.1, -0.05) is 26.8 Å². The normalized spacial score (nSPS) is 12.2. The Labute approximate surface area is 85.1 Å². The molecule has 3 heteroatoms. The molecule has 0 aliphatic rings. The van der Waals surface area contributed by atoms with E-state index in [-0.39, 0.29) is 14.0 Å². The van der Waals surface area contributed by atoms with Crippen molar-refractivity contribution < 1.29 is 2.85 Å². The Bertz CT molecular complexity index is 522. The number of nitrogens with one attached hydrogen (secondary N) is 2. The van der Waals surface area contributed by atoms with Gasteiger partial charge in [-0.15, -0.1) is 0 Å². The SMILES string of the molecule is CC(C)(C)c1ccc2[nH]c(=O)[nH]c2c1.[HH].[HH]. The van der Waals surface area contributed by atoms with Crippen molar-refractivity contribution in [3.63, 3.8) is 0 Å². The number of rotatable bonds is 0. The molecule has 0 unspecified atom stereocenters. The van der Waals surface area contributed by atoms with Gasteiger partial charge in [-0.25, -0.2) is 4.79 Å². The second kappa shape index (κ2) is 2.74. The maximum atomic E-state index is 11.0. The van der Waals surface area contributed by atoms with E-state index in [0.29, 0.717) is 0 Å². The molecular weight excluding hydrogens is 176 g/mol. The van der Waals surface area contributed by atoms with Crippen LogP contribution in [0.2, 0.25) is 0 Å². The molecule has 14 heavy (non-hydrogen) atoms. The highest BCUT2D eigenvalue weighted by atomic mass is 16.1. The summed E-state index contributed by atoms with van der Waals surface area (Å²) in [6.07, 6.45) is 0. The minimum Gasteiger partial charge on any atom is -0.306 e. The molecule has 0 saturated carbocycles. The van der Waals surface area contributed by atoms with Gasteiger partial charge in [-0.2, -0.15) is 0 Å². The topological polar surface area (TPSA) is 48.6 Å². The van der Waals surface area contributed by atoms with Crippen LogP contribution in [-0.4, -0.2) is 9.97 Å². The van der Waals surface area contributed by atoms with Crippen LogP contribution in [0, 0.1) is 0 Å². The van der Waals surface area contributed by atoms with Crippen molar-refractivity contribution in [2.75, 3.05) is 0 Å². The Balaban J connectivity index is 0.00000112. The largest absolute Gasteiger partial charge is 0.323 e. The predicted octanol–water partition coefficient (Wildman–Crippen LogP) is 2.65. The van der Waals surface area contributed by atoms with E-state index in [4.69, 9.17) is 0 Å². The number of hydrogen-bond acceptors (Lipinski definition) is 1. The van der Waals surface area contributed by atoms with Gasteiger partial charge < -0.3 is 9.97 Å². The fourth-order valence-electron chi connectivity index (χ4n) is 1.50. The third kappa shape index (κ3) is 1.45. The summed E-state index contributed by atoms with van der Waals surface area (Å²) >= 11 is 0. The Hall–Kier alpha value is -1.51. The molecule has 0 fully saturated rings. The quantitative estimate of drug-likeness (QED) is 0.665. The van der Waals surface area contributed by atoms with Crippen LogP contribution >= 0.6 is 0 Å². The van der Waals surface area contributed by atoms with E-state index in [1.807, 2.05) is 18.2 Å². The zero-order valence-electron chi connectivity index (χ0n) is 8.64. The van der Waals surface area contributed by atoms with Gasteiger partial charge in [0.25, 0.3) is 0 Å². The van der Waals surface area contributed by atoms with Gasteiger partial charge in [0.15, 0.2) is 0 Å². The molecule has 0 aliphatic carbocycles. The predicted molar refractivity (Wildman–Crippen MR) is 61.8 cm³/mol. The summed E-state index contributed by atoms with van der Waals surface area (Å²) in [6, 6.07) is 6.01. The first kappa shape index (κ1) is 9.06. The molecule has 0 aliphatic heterocycles. The van der Waals surface area contributed by atoms with Crippen LogP contribution < -0.4 is 5.69 Å². The van der Waals surface area contributed by atoms with Crippen molar-refractivity contribution in [3.05, 3.63) is 34.2 Å². The first-order valence-corrected chi connectivity index (χ1v) is 4.69. The van der Waals surface area contributed by atoms with Gasteiger partial charge in [0, 0.05) is 2.85 Å². The monoisotopic (exact) mass is 194 g/mol. The highest BCUT2D eigenvalue weighted by molar-refractivity contribution is 5.75. The van der Waals surface area contributed by atoms with Crippen LogP contribution in [0.5, 0.6) is 0 Å². The summed E-state index contributed by atoms with van der Waals surface area (Å²) in [6.45, 7) is 6.46. The number of aromatic nitrogens is 2. The van der Waals surface area contributed by atoms with Crippen molar-refractivity contribution in [3.8, 4) is 0 Å². The third-order valence-corrected chi connectivity index (χ3v) is 2.38. The first-order valence-electron chi connectivity index (χ1n) is 4.69. The second-order valence-electron chi connectivity index (χ2n) is 4.59. The van der Waals surface area contributed by atoms with Crippen LogP contribution in [0.15, 0.2) is 23.0 Å². The first-order chi connectivity index (χ1) is 6.47. The number of H-pyrrole nitrogens is 2. The number of fused-ring (bicyclic) bond motifs is 1. The van der Waals surface area contributed by atoms with E-state index in [0.717, 1.165) is 11.0 Å². The van der Waals surface area contributed by atoms with Crippen LogP contribution in [0.4, 0.5) is 0 Å². The zero-order chi connectivity index (χ0) is 10.3. The summed E-state index contributed by atoms with van der Waals surface area (Å²) in [5.74, 6) is 0. The summed E-state index contributed by atoms with van der Waals surface area (Å²) in [7, 11) is 0. The lowest BCUT2D eigenvalue weighted by molar-refractivity contribution is 0.591. The molecule has 2 N–H and O–H groups in total. The molecule has 0 atom stereocenters. The average Bonchev–Trinajstić information content (AvgIpc) is 2.41. The smallest absolute Gasteiger partial charge is 0.306 e. The van der Waals surface area contributed by atoms with Crippen LogP contribution in [0.3, 0.4) is 0 Å². The molecule has 0 amide bonds. The van der Waals surface area contributed by atoms with Crippen molar-refractivity contribution >= 4 is 11.0 Å². The molecule has 2 aromatic rings. The fraction of sp³-hybridized carbons (Fsp3) is 0.364.